The molecule has 0 aromatic carbocycles. The van der Waals surface area contributed by atoms with Gasteiger partial charge in [-0.2, -0.15) is 16.9 Å². The van der Waals surface area contributed by atoms with E-state index < -0.39 is 0 Å². The molecule has 3 nitrogen and oxygen atoms in total. The summed E-state index contributed by atoms with van der Waals surface area (Å²) in [5.74, 6) is 1.21. The summed E-state index contributed by atoms with van der Waals surface area (Å²) in [4.78, 5) is 0. The minimum atomic E-state index is 0.551. The summed E-state index contributed by atoms with van der Waals surface area (Å²) in [6, 6.07) is 0.551. The largest absolute Gasteiger partial charge is 0.309 e. The van der Waals surface area contributed by atoms with Crippen molar-refractivity contribution in [3.05, 3.63) is 15.9 Å². The molecule has 1 aromatic rings. The van der Waals surface area contributed by atoms with E-state index in [4.69, 9.17) is 0 Å². The molecule has 18 heavy (non-hydrogen) atoms. The van der Waals surface area contributed by atoms with Gasteiger partial charge in [0.15, 0.2) is 0 Å². The Morgan fingerprint density at radius 1 is 1.44 bits per heavy atom. The third-order valence-corrected chi connectivity index (χ3v) is 4.63. The maximum Gasteiger partial charge on any atom is 0.0767 e. The molecular formula is C13H24BrN3S. The summed E-state index contributed by atoms with van der Waals surface area (Å²) in [6.45, 7) is 8.34. The average Bonchev–Trinajstić information content (AvgIpc) is 2.69. The predicted octanol–water partition coefficient (Wildman–Crippen LogP) is 3.46. The fourth-order valence-corrected chi connectivity index (χ4v) is 3.15. The van der Waals surface area contributed by atoms with Gasteiger partial charge < -0.3 is 5.32 Å². The Hall–Kier alpha value is -0.000000000000000111. The molecule has 0 spiro atoms. The Bertz CT molecular complexity index is 365. The zero-order valence-corrected chi connectivity index (χ0v) is 14.2. The summed E-state index contributed by atoms with van der Waals surface area (Å²) < 4.78 is 3.27. The van der Waals surface area contributed by atoms with Gasteiger partial charge in [-0.05, 0) is 54.6 Å². The second-order valence-corrected chi connectivity index (χ2v) is 6.22. The highest BCUT2D eigenvalue weighted by molar-refractivity contribution is 9.10. The molecule has 104 valence electrons. The molecule has 0 saturated carbocycles. The summed E-state index contributed by atoms with van der Waals surface area (Å²) in [6.07, 6.45) is 4.34. The van der Waals surface area contributed by atoms with Crippen LogP contribution in [-0.2, 0) is 19.5 Å². The van der Waals surface area contributed by atoms with E-state index in [1.54, 1.807) is 0 Å². The standard InChI is InChI=1S/C13H24BrN3S/c1-5-11-13(14)12(17(6-2)16-11)9-15-10(3)7-8-18-4/h10,15H,5-9H2,1-4H3. The molecule has 0 amide bonds. The van der Waals surface area contributed by atoms with Gasteiger partial charge in [0.25, 0.3) is 0 Å². The number of rotatable bonds is 8. The number of nitrogens with zero attached hydrogens (tertiary/aromatic N) is 2. The van der Waals surface area contributed by atoms with Crippen molar-refractivity contribution >= 4 is 27.7 Å². The lowest BCUT2D eigenvalue weighted by atomic mass is 10.2. The molecule has 0 bridgehead atoms. The first-order valence-electron chi connectivity index (χ1n) is 6.60. The number of aryl methyl sites for hydroxylation is 2. The number of thioether (sulfide) groups is 1. The fourth-order valence-electron chi connectivity index (χ4n) is 1.85. The van der Waals surface area contributed by atoms with Gasteiger partial charge in [-0.3, -0.25) is 4.68 Å². The van der Waals surface area contributed by atoms with E-state index in [1.165, 1.54) is 22.3 Å². The smallest absolute Gasteiger partial charge is 0.0767 e. The SMILES string of the molecule is CCc1nn(CC)c(CNC(C)CCSC)c1Br. The van der Waals surface area contributed by atoms with Crippen LogP contribution >= 0.6 is 27.7 Å². The van der Waals surface area contributed by atoms with Crippen molar-refractivity contribution < 1.29 is 0 Å². The molecule has 1 rings (SSSR count). The maximum atomic E-state index is 4.61. The van der Waals surface area contributed by atoms with E-state index in [0.29, 0.717) is 6.04 Å². The first-order chi connectivity index (χ1) is 8.63. The van der Waals surface area contributed by atoms with E-state index in [-0.39, 0.29) is 0 Å². The van der Waals surface area contributed by atoms with Gasteiger partial charge in [-0.15, -0.1) is 0 Å². The van der Waals surface area contributed by atoms with Crippen LogP contribution in [0.1, 0.15) is 38.6 Å². The number of halogens is 1. The van der Waals surface area contributed by atoms with Crippen LogP contribution < -0.4 is 5.32 Å². The molecule has 1 unspecified atom stereocenters. The van der Waals surface area contributed by atoms with Crippen LogP contribution in [0.3, 0.4) is 0 Å². The van der Waals surface area contributed by atoms with Crippen molar-refractivity contribution in [2.24, 2.45) is 0 Å². The normalized spacial score (nSPS) is 12.9. The summed E-state index contributed by atoms with van der Waals surface area (Å²) in [5.41, 5.74) is 2.43. The Labute approximate surface area is 123 Å². The highest BCUT2D eigenvalue weighted by Crippen LogP contribution is 2.22. The minimum absolute atomic E-state index is 0.551. The molecule has 1 heterocycles. The first kappa shape index (κ1) is 16.1. The number of aromatic nitrogens is 2. The van der Waals surface area contributed by atoms with Crippen molar-refractivity contribution in [2.45, 2.75) is 52.7 Å². The maximum absolute atomic E-state index is 4.61. The van der Waals surface area contributed by atoms with Gasteiger partial charge in [-0.1, -0.05) is 6.92 Å². The van der Waals surface area contributed by atoms with Gasteiger partial charge in [0.05, 0.1) is 15.9 Å². The average molecular weight is 334 g/mol. The molecule has 5 heteroatoms. The van der Waals surface area contributed by atoms with Crippen LogP contribution in [-0.4, -0.2) is 27.8 Å². The van der Waals surface area contributed by atoms with E-state index in [0.717, 1.165) is 25.2 Å². The lowest BCUT2D eigenvalue weighted by Gasteiger charge is -2.14. The minimum Gasteiger partial charge on any atom is -0.309 e. The molecule has 0 saturated heterocycles. The van der Waals surface area contributed by atoms with Gasteiger partial charge >= 0.3 is 0 Å². The third kappa shape index (κ3) is 4.28. The molecule has 1 aromatic heterocycles. The van der Waals surface area contributed by atoms with E-state index >= 15 is 0 Å². The zero-order valence-electron chi connectivity index (χ0n) is 11.8. The second kappa shape index (κ2) is 8.23. The molecule has 0 aliphatic rings. The van der Waals surface area contributed by atoms with Crippen molar-refractivity contribution in [1.29, 1.82) is 0 Å². The van der Waals surface area contributed by atoms with Crippen LogP contribution in [0.4, 0.5) is 0 Å². The van der Waals surface area contributed by atoms with Crippen LogP contribution in [0.15, 0.2) is 4.47 Å². The van der Waals surface area contributed by atoms with E-state index in [2.05, 4.69) is 58.1 Å². The Kier molecular flexibility index (Phi) is 7.34. The third-order valence-electron chi connectivity index (χ3n) is 3.07. The van der Waals surface area contributed by atoms with Crippen molar-refractivity contribution in [2.75, 3.05) is 12.0 Å². The van der Waals surface area contributed by atoms with Gasteiger partial charge in [0.2, 0.25) is 0 Å². The number of hydrogen-bond acceptors (Lipinski definition) is 3. The summed E-state index contributed by atoms with van der Waals surface area (Å²) >= 11 is 5.58. The molecule has 0 fully saturated rings. The van der Waals surface area contributed by atoms with Crippen LogP contribution in [0.25, 0.3) is 0 Å². The van der Waals surface area contributed by atoms with E-state index in [1.807, 2.05) is 11.8 Å². The quantitative estimate of drug-likeness (QED) is 0.790. The molecule has 1 atom stereocenters. The molecule has 0 aliphatic heterocycles. The Morgan fingerprint density at radius 3 is 2.72 bits per heavy atom. The Balaban J connectivity index is 2.63. The predicted molar refractivity (Wildman–Crippen MR) is 84.3 cm³/mol. The van der Waals surface area contributed by atoms with E-state index in [9.17, 15) is 0 Å². The highest BCUT2D eigenvalue weighted by atomic mass is 79.9. The molecule has 0 aliphatic carbocycles. The summed E-state index contributed by atoms with van der Waals surface area (Å²) in [7, 11) is 0. The lowest BCUT2D eigenvalue weighted by Crippen LogP contribution is -2.27. The molecule has 0 radical (unpaired) electrons. The highest BCUT2D eigenvalue weighted by Gasteiger charge is 2.14. The summed E-state index contributed by atoms with van der Waals surface area (Å²) in [5, 5.41) is 8.20. The lowest BCUT2D eigenvalue weighted by molar-refractivity contribution is 0.507. The van der Waals surface area contributed by atoms with Crippen LogP contribution in [0, 0.1) is 0 Å². The topological polar surface area (TPSA) is 29.9 Å². The van der Waals surface area contributed by atoms with Crippen LogP contribution in [0.5, 0.6) is 0 Å². The van der Waals surface area contributed by atoms with Crippen molar-refractivity contribution in [1.82, 2.24) is 15.1 Å². The fraction of sp³-hybridized carbons (Fsp3) is 0.769. The number of nitrogens with one attached hydrogen (secondary N) is 1. The van der Waals surface area contributed by atoms with Crippen LogP contribution in [0.2, 0.25) is 0 Å². The van der Waals surface area contributed by atoms with Crippen molar-refractivity contribution in [3.8, 4) is 0 Å². The van der Waals surface area contributed by atoms with Gasteiger partial charge in [0, 0.05) is 19.1 Å². The van der Waals surface area contributed by atoms with Gasteiger partial charge in [0.1, 0.15) is 0 Å². The second-order valence-electron chi connectivity index (χ2n) is 4.44. The molecular weight excluding hydrogens is 310 g/mol. The van der Waals surface area contributed by atoms with Gasteiger partial charge in [-0.25, -0.2) is 0 Å². The first-order valence-corrected chi connectivity index (χ1v) is 8.79. The Morgan fingerprint density at radius 2 is 2.17 bits per heavy atom. The number of hydrogen-bond donors (Lipinski definition) is 1. The van der Waals surface area contributed by atoms with Crippen molar-refractivity contribution in [3.63, 3.8) is 0 Å². The molecule has 1 N–H and O–H groups in total. The zero-order chi connectivity index (χ0) is 13.5. The monoisotopic (exact) mass is 333 g/mol.